The quantitative estimate of drug-likeness (QED) is 0.787. The lowest BCUT2D eigenvalue weighted by molar-refractivity contribution is -0.122. The fourth-order valence-corrected chi connectivity index (χ4v) is 2.47. The molecule has 1 N–H and O–H groups in total. The lowest BCUT2D eigenvalue weighted by Crippen LogP contribution is -2.30. The number of nitrogens with zero attached hydrogens (tertiary/aromatic N) is 1. The predicted molar refractivity (Wildman–Crippen MR) is 93.8 cm³/mol. The van der Waals surface area contributed by atoms with Crippen LogP contribution in [0, 0.1) is 11.3 Å². The highest BCUT2D eigenvalue weighted by Crippen LogP contribution is 2.23. The van der Waals surface area contributed by atoms with Crippen molar-refractivity contribution in [2.24, 2.45) is 0 Å². The molecule has 0 bridgehead atoms. The molecule has 3 aromatic rings. The van der Waals surface area contributed by atoms with Crippen molar-refractivity contribution >= 4 is 22.4 Å². The fourth-order valence-electron chi connectivity index (χ4n) is 2.47. The van der Waals surface area contributed by atoms with Crippen LogP contribution in [0.1, 0.15) is 12.5 Å². The number of benzene rings is 3. The highest BCUT2D eigenvalue weighted by Gasteiger charge is 2.16. The summed E-state index contributed by atoms with van der Waals surface area (Å²) in [6.45, 7) is 1.68. The summed E-state index contributed by atoms with van der Waals surface area (Å²) in [5.41, 5.74) is 1.24. The van der Waals surface area contributed by atoms with Crippen molar-refractivity contribution in [1.29, 1.82) is 5.26 Å². The lowest BCUT2D eigenvalue weighted by Gasteiger charge is -2.16. The second-order valence-electron chi connectivity index (χ2n) is 5.42. The van der Waals surface area contributed by atoms with E-state index in [0.717, 1.165) is 16.5 Å². The van der Waals surface area contributed by atoms with Gasteiger partial charge in [0, 0.05) is 11.1 Å². The number of amides is 1. The van der Waals surface area contributed by atoms with Crippen molar-refractivity contribution in [3.8, 4) is 11.8 Å². The van der Waals surface area contributed by atoms with Crippen LogP contribution in [0.15, 0.2) is 66.7 Å². The average molecular weight is 316 g/mol. The Bertz CT molecular complexity index is 923. The van der Waals surface area contributed by atoms with Crippen molar-refractivity contribution in [2.75, 3.05) is 5.32 Å². The van der Waals surface area contributed by atoms with Gasteiger partial charge in [0.25, 0.3) is 5.91 Å². The van der Waals surface area contributed by atoms with Gasteiger partial charge < -0.3 is 10.1 Å². The van der Waals surface area contributed by atoms with Gasteiger partial charge in [0.2, 0.25) is 0 Å². The Hall–Kier alpha value is -3.32. The van der Waals surface area contributed by atoms with Crippen LogP contribution in [0.2, 0.25) is 0 Å². The first kappa shape index (κ1) is 15.6. The Morgan fingerprint density at radius 3 is 2.67 bits per heavy atom. The van der Waals surface area contributed by atoms with Crippen LogP contribution in [-0.4, -0.2) is 12.0 Å². The van der Waals surface area contributed by atoms with Crippen LogP contribution in [0.3, 0.4) is 0 Å². The molecule has 0 saturated heterocycles. The second-order valence-corrected chi connectivity index (χ2v) is 5.42. The Labute approximate surface area is 140 Å². The van der Waals surface area contributed by atoms with Crippen LogP contribution < -0.4 is 10.1 Å². The number of nitrogens with one attached hydrogen (secondary N) is 1. The lowest BCUT2D eigenvalue weighted by atomic mass is 10.1. The van der Waals surface area contributed by atoms with Gasteiger partial charge in [-0.1, -0.05) is 42.5 Å². The number of rotatable bonds is 4. The predicted octanol–water partition coefficient (Wildman–Crippen LogP) is 4.12. The third kappa shape index (κ3) is 3.36. The number of hydrogen-bond acceptors (Lipinski definition) is 3. The molecule has 3 aromatic carbocycles. The summed E-state index contributed by atoms with van der Waals surface area (Å²) in [4.78, 5) is 12.4. The van der Waals surface area contributed by atoms with Crippen molar-refractivity contribution in [3.63, 3.8) is 0 Å². The maximum Gasteiger partial charge on any atom is 0.265 e. The molecule has 0 radical (unpaired) electrons. The minimum Gasteiger partial charge on any atom is -0.481 e. The van der Waals surface area contributed by atoms with Gasteiger partial charge in [-0.2, -0.15) is 5.26 Å². The van der Waals surface area contributed by atoms with Crippen LogP contribution in [0.25, 0.3) is 10.8 Å². The molecule has 1 atom stereocenters. The third-order valence-electron chi connectivity index (χ3n) is 3.69. The van der Waals surface area contributed by atoms with Crippen molar-refractivity contribution in [2.45, 2.75) is 13.0 Å². The number of fused-ring (bicyclic) bond motifs is 1. The summed E-state index contributed by atoms with van der Waals surface area (Å²) in [6.07, 6.45) is -0.682. The monoisotopic (exact) mass is 316 g/mol. The van der Waals surface area contributed by atoms with Crippen LogP contribution >= 0.6 is 0 Å². The number of hydrogen-bond donors (Lipinski definition) is 1. The SMILES string of the molecule is CC(Oc1cccc(C#N)c1)C(=O)Nc1cccc2ccccc12. The number of carbonyl (C=O) groups is 1. The minimum absolute atomic E-state index is 0.242. The first-order valence-corrected chi connectivity index (χ1v) is 7.63. The zero-order valence-electron chi connectivity index (χ0n) is 13.2. The van der Waals surface area contributed by atoms with Crippen molar-refractivity contribution in [3.05, 3.63) is 72.3 Å². The van der Waals surface area contributed by atoms with E-state index in [1.807, 2.05) is 48.5 Å². The number of ether oxygens (including phenoxy) is 1. The molecule has 0 fully saturated rings. The van der Waals surface area contributed by atoms with E-state index in [0.29, 0.717) is 11.3 Å². The number of anilines is 1. The Balaban J connectivity index is 1.75. The molecule has 0 aliphatic carbocycles. The topological polar surface area (TPSA) is 62.1 Å². The first-order valence-electron chi connectivity index (χ1n) is 7.63. The maximum atomic E-state index is 12.4. The molecular formula is C20H16N2O2. The van der Waals surface area contributed by atoms with Gasteiger partial charge in [0.1, 0.15) is 5.75 Å². The summed E-state index contributed by atoms with van der Waals surface area (Å²) in [5.74, 6) is 0.253. The summed E-state index contributed by atoms with van der Waals surface area (Å²) >= 11 is 0. The Morgan fingerprint density at radius 1 is 1.08 bits per heavy atom. The smallest absolute Gasteiger partial charge is 0.265 e. The van der Waals surface area contributed by atoms with Gasteiger partial charge in [-0.15, -0.1) is 0 Å². The average Bonchev–Trinajstić information content (AvgIpc) is 2.62. The molecule has 4 nitrogen and oxygen atoms in total. The van der Waals surface area contributed by atoms with E-state index in [-0.39, 0.29) is 5.91 Å². The van der Waals surface area contributed by atoms with Crippen molar-refractivity contribution < 1.29 is 9.53 Å². The van der Waals surface area contributed by atoms with Gasteiger partial charge in [-0.3, -0.25) is 4.79 Å². The highest BCUT2D eigenvalue weighted by molar-refractivity contribution is 6.03. The second kappa shape index (κ2) is 6.84. The zero-order valence-corrected chi connectivity index (χ0v) is 13.2. The van der Waals surface area contributed by atoms with E-state index in [4.69, 9.17) is 10.00 Å². The van der Waals surface area contributed by atoms with E-state index >= 15 is 0 Å². The molecule has 0 aliphatic rings. The molecule has 24 heavy (non-hydrogen) atoms. The normalized spacial score (nSPS) is 11.5. The van der Waals surface area contributed by atoms with E-state index in [1.54, 1.807) is 31.2 Å². The van der Waals surface area contributed by atoms with Crippen molar-refractivity contribution in [1.82, 2.24) is 0 Å². The van der Waals surface area contributed by atoms with Gasteiger partial charge in [-0.05, 0) is 36.6 Å². The fraction of sp³-hybridized carbons (Fsp3) is 0.100. The van der Waals surface area contributed by atoms with Gasteiger partial charge >= 0.3 is 0 Å². The van der Waals surface area contributed by atoms with E-state index in [9.17, 15) is 4.79 Å². The van der Waals surface area contributed by atoms with Gasteiger partial charge in [0.05, 0.1) is 11.6 Å². The summed E-state index contributed by atoms with van der Waals surface area (Å²) in [5, 5.41) is 13.9. The molecule has 0 spiro atoms. The van der Waals surface area contributed by atoms with E-state index in [2.05, 4.69) is 5.32 Å². The van der Waals surface area contributed by atoms with E-state index in [1.165, 1.54) is 0 Å². The molecule has 0 aliphatic heterocycles. The molecule has 3 rings (SSSR count). The van der Waals surface area contributed by atoms with Gasteiger partial charge in [0.15, 0.2) is 6.10 Å². The Kier molecular flexibility index (Phi) is 4.44. The van der Waals surface area contributed by atoms with Gasteiger partial charge in [-0.25, -0.2) is 0 Å². The third-order valence-corrected chi connectivity index (χ3v) is 3.69. The summed E-state index contributed by atoms with van der Waals surface area (Å²) in [6, 6.07) is 22.4. The summed E-state index contributed by atoms with van der Waals surface area (Å²) < 4.78 is 5.64. The van der Waals surface area contributed by atoms with Crippen LogP contribution in [0.5, 0.6) is 5.75 Å². The molecule has 1 unspecified atom stereocenters. The minimum atomic E-state index is -0.682. The number of nitriles is 1. The molecule has 0 saturated carbocycles. The Morgan fingerprint density at radius 2 is 1.83 bits per heavy atom. The first-order chi connectivity index (χ1) is 11.7. The van der Waals surface area contributed by atoms with Crippen LogP contribution in [-0.2, 0) is 4.79 Å². The molecule has 4 heteroatoms. The maximum absolute atomic E-state index is 12.4. The molecule has 0 aromatic heterocycles. The highest BCUT2D eigenvalue weighted by atomic mass is 16.5. The summed E-state index contributed by atoms with van der Waals surface area (Å²) in [7, 11) is 0. The molecule has 118 valence electrons. The van der Waals surface area contributed by atoms with Crippen LogP contribution in [0.4, 0.5) is 5.69 Å². The number of carbonyl (C=O) groups excluding carboxylic acids is 1. The largest absolute Gasteiger partial charge is 0.481 e. The van der Waals surface area contributed by atoms with E-state index < -0.39 is 6.10 Å². The molecular weight excluding hydrogens is 300 g/mol. The molecule has 0 heterocycles. The zero-order chi connectivity index (χ0) is 16.9. The standard InChI is InChI=1S/C20H16N2O2/c1-14(24-17-9-4-6-15(12-17)13-21)20(23)22-19-11-5-8-16-7-2-3-10-18(16)19/h2-12,14H,1H3,(H,22,23). The molecule has 1 amide bonds.